The molecule has 1 saturated heterocycles. The van der Waals surface area contributed by atoms with Crippen LogP contribution in [0.4, 0.5) is 23.7 Å². The lowest BCUT2D eigenvalue weighted by atomic mass is 10.0. The lowest BCUT2D eigenvalue weighted by Crippen LogP contribution is -2.31. The number of amides is 1. The normalized spacial score (nSPS) is 21.7. The number of carbonyl (C=O) groups excluding carboxylic acids is 1. The van der Waals surface area contributed by atoms with E-state index < -0.39 is 23.9 Å². The summed E-state index contributed by atoms with van der Waals surface area (Å²) in [5, 5.41) is 13.3. The number of β-amino-alcohol motifs (C(OH)–C–C–N with tert-alkyl or cyclic N) is 1. The molecule has 0 spiro atoms. The van der Waals surface area contributed by atoms with Crippen LogP contribution in [-0.2, 0) is 10.9 Å². The first-order chi connectivity index (χ1) is 10.8. The van der Waals surface area contributed by atoms with E-state index in [1.165, 1.54) is 17.0 Å². The van der Waals surface area contributed by atoms with E-state index in [9.17, 15) is 23.1 Å². The predicted molar refractivity (Wildman–Crippen MR) is 75.3 cm³/mol. The van der Waals surface area contributed by atoms with Crippen molar-refractivity contribution < 1.29 is 27.8 Å². The van der Waals surface area contributed by atoms with Gasteiger partial charge in [-0.1, -0.05) is 6.07 Å². The topological polar surface area (TPSA) is 74.2 Å². The van der Waals surface area contributed by atoms with Gasteiger partial charge in [0.15, 0.2) is 0 Å². The Labute approximate surface area is 129 Å². The van der Waals surface area contributed by atoms with E-state index in [4.69, 9.17) is 4.74 Å². The molecule has 0 aliphatic carbocycles. The van der Waals surface area contributed by atoms with Crippen molar-refractivity contribution in [2.24, 2.45) is 5.10 Å². The molecule has 0 radical (unpaired) electrons. The quantitative estimate of drug-likeness (QED) is 0.866. The van der Waals surface area contributed by atoms with Gasteiger partial charge in [0.1, 0.15) is 12.3 Å². The van der Waals surface area contributed by atoms with Crippen molar-refractivity contribution in [2.75, 3.05) is 24.6 Å². The van der Waals surface area contributed by atoms with Crippen LogP contribution in [-0.4, -0.2) is 42.7 Å². The molecule has 0 bridgehead atoms. The fraction of sp³-hybridized carbons (Fsp3) is 0.429. The largest absolute Gasteiger partial charge is 0.442 e. The maximum absolute atomic E-state index is 13.4. The molecule has 1 amide bonds. The number of nitrogens with zero attached hydrogens (tertiary/aromatic N) is 2. The van der Waals surface area contributed by atoms with Crippen LogP contribution in [0.3, 0.4) is 0 Å². The average molecular weight is 329 g/mol. The Hall–Kier alpha value is -2.29. The van der Waals surface area contributed by atoms with Gasteiger partial charge in [-0.15, -0.1) is 0 Å². The van der Waals surface area contributed by atoms with Crippen LogP contribution in [0.25, 0.3) is 0 Å². The van der Waals surface area contributed by atoms with Gasteiger partial charge in [0.25, 0.3) is 0 Å². The predicted octanol–water partition coefficient (Wildman–Crippen LogP) is 1.72. The monoisotopic (exact) mass is 329 g/mol. The van der Waals surface area contributed by atoms with Crippen LogP contribution in [0.2, 0.25) is 0 Å². The minimum Gasteiger partial charge on any atom is -0.442 e. The van der Waals surface area contributed by atoms with Crippen LogP contribution < -0.4 is 10.3 Å². The number of alkyl halides is 3. The van der Waals surface area contributed by atoms with Gasteiger partial charge in [-0.25, -0.2) is 10.2 Å². The minimum absolute atomic E-state index is 0.0270. The SMILES string of the molecule is O=C1NN=C(c2ccc(N3CCC(O)C3)c(C(F)(F)F)c2)CO1. The lowest BCUT2D eigenvalue weighted by molar-refractivity contribution is -0.137. The van der Waals surface area contributed by atoms with Gasteiger partial charge in [-0.05, 0) is 18.6 Å². The highest BCUT2D eigenvalue weighted by Crippen LogP contribution is 2.38. The van der Waals surface area contributed by atoms with Gasteiger partial charge in [0.2, 0.25) is 0 Å². The van der Waals surface area contributed by atoms with Gasteiger partial charge in [0, 0.05) is 24.3 Å². The van der Waals surface area contributed by atoms with E-state index in [-0.39, 0.29) is 30.1 Å². The highest BCUT2D eigenvalue weighted by molar-refractivity contribution is 6.04. The number of anilines is 1. The second-order valence-electron chi connectivity index (χ2n) is 5.36. The summed E-state index contributed by atoms with van der Waals surface area (Å²) in [6, 6.07) is 3.84. The van der Waals surface area contributed by atoms with Crippen LogP contribution >= 0.6 is 0 Å². The highest BCUT2D eigenvalue weighted by Gasteiger charge is 2.37. The second kappa shape index (κ2) is 5.73. The summed E-state index contributed by atoms with van der Waals surface area (Å²) in [7, 11) is 0. The number of cyclic esters (lactones) is 1. The number of benzene rings is 1. The number of rotatable bonds is 2. The summed E-state index contributed by atoms with van der Waals surface area (Å²) in [4.78, 5) is 12.4. The van der Waals surface area contributed by atoms with Crippen molar-refractivity contribution in [1.82, 2.24) is 5.43 Å². The smallest absolute Gasteiger partial charge is 0.428 e. The number of carbonyl (C=O) groups is 1. The summed E-state index contributed by atoms with van der Waals surface area (Å²) < 4.78 is 44.8. The van der Waals surface area contributed by atoms with Gasteiger partial charge in [-0.3, -0.25) is 0 Å². The molecule has 0 saturated carbocycles. The van der Waals surface area contributed by atoms with Crippen molar-refractivity contribution in [3.63, 3.8) is 0 Å². The molecule has 1 aromatic carbocycles. The Morgan fingerprint density at radius 3 is 2.74 bits per heavy atom. The van der Waals surface area contributed by atoms with Crippen molar-refractivity contribution in [3.8, 4) is 0 Å². The van der Waals surface area contributed by atoms with E-state index in [0.29, 0.717) is 13.0 Å². The molecule has 9 heteroatoms. The van der Waals surface area contributed by atoms with Crippen LogP contribution in [0.15, 0.2) is 23.3 Å². The molecular formula is C14H14F3N3O3. The molecule has 1 aromatic rings. The molecule has 124 valence electrons. The minimum atomic E-state index is -4.54. The molecule has 6 nitrogen and oxygen atoms in total. The van der Waals surface area contributed by atoms with Gasteiger partial charge < -0.3 is 14.7 Å². The summed E-state index contributed by atoms with van der Waals surface area (Å²) in [5.74, 6) is 0. The number of ether oxygens (including phenoxy) is 1. The summed E-state index contributed by atoms with van der Waals surface area (Å²) >= 11 is 0. The maximum Gasteiger partial charge on any atom is 0.428 e. The number of hydrogen-bond donors (Lipinski definition) is 2. The van der Waals surface area contributed by atoms with Crippen molar-refractivity contribution in [1.29, 1.82) is 0 Å². The Kier molecular flexibility index (Phi) is 3.88. The fourth-order valence-electron chi connectivity index (χ4n) is 2.64. The zero-order valence-electron chi connectivity index (χ0n) is 11.9. The van der Waals surface area contributed by atoms with E-state index in [2.05, 4.69) is 10.5 Å². The molecule has 2 aliphatic rings. The molecule has 3 rings (SSSR count). The number of aliphatic hydroxyl groups excluding tert-OH is 1. The number of hydrazone groups is 1. The molecule has 1 fully saturated rings. The maximum atomic E-state index is 13.4. The standard InChI is InChI=1S/C14H14F3N3O3/c15-14(16,17)10-5-8(11-7-23-13(22)19-18-11)1-2-12(10)20-4-3-9(21)6-20/h1-2,5,9,21H,3-4,6-7H2,(H,19,22). The van der Waals surface area contributed by atoms with Crippen LogP contribution in [0.5, 0.6) is 0 Å². The molecule has 1 unspecified atom stereocenters. The molecule has 1 atom stereocenters. The molecule has 2 aliphatic heterocycles. The number of hydrogen-bond acceptors (Lipinski definition) is 5. The van der Waals surface area contributed by atoms with Gasteiger partial charge in [-0.2, -0.15) is 18.3 Å². The zero-order valence-corrected chi connectivity index (χ0v) is 11.9. The zero-order chi connectivity index (χ0) is 16.6. The highest BCUT2D eigenvalue weighted by atomic mass is 19.4. The first-order valence-electron chi connectivity index (χ1n) is 6.98. The van der Waals surface area contributed by atoms with E-state index in [0.717, 1.165) is 6.07 Å². The Morgan fingerprint density at radius 1 is 1.39 bits per heavy atom. The summed E-state index contributed by atoms with van der Waals surface area (Å²) in [5.41, 5.74) is 1.73. The number of halogens is 3. The van der Waals surface area contributed by atoms with E-state index >= 15 is 0 Å². The van der Waals surface area contributed by atoms with Gasteiger partial charge in [0.05, 0.1) is 11.7 Å². The van der Waals surface area contributed by atoms with Crippen molar-refractivity contribution in [3.05, 3.63) is 29.3 Å². The van der Waals surface area contributed by atoms with E-state index in [1.807, 2.05) is 0 Å². The summed E-state index contributed by atoms with van der Waals surface area (Å²) in [6.45, 7) is 0.344. The van der Waals surface area contributed by atoms with Crippen LogP contribution in [0, 0.1) is 0 Å². The molecule has 2 N–H and O–H groups in total. The third-order valence-corrected chi connectivity index (χ3v) is 3.76. The molecule has 23 heavy (non-hydrogen) atoms. The lowest BCUT2D eigenvalue weighted by Gasteiger charge is -2.24. The molecule has 0 aromatic heterocycles. The average Bonchev–Trinajstić information content (AvgIpc) is 2.93. The number of aliphatic hydroxyl groups is 1. The second-order valence-corrected chi connectivity index (χ2v) is 5.36. The Bertz CT molecular complexity index is 660. The first kappa shape index (κ1) is 15.6. The molecular weight excluding hydrogens is 315 g/mol. The first-order valence-corrected chi connectivity index (χ1v) is 6.98. The Morgan fingerprint density at radius 2 is 2.17 bits per heavy atom. The molecule has 2 heterocycles. The van der Waals surface area contributed by atoms with E-state index in [1.54, 1.807) is 0 Å². The van der Waals surface area contributed by atoms with Gasteiger partial charge >= 0.3 is 12.3 Å². The third kappa shape index (κ3) is 3.24. The van der Waals surface area contributed by atoms with Crippen molar-refractivity contribution in [2.45, 2.75) is 18.7 Å². The summed E-state index contributed by atoms with van der Waals surface area (Å²) in [6.07, 6.45) is -5.47. The fourth-order valence-corrected chi connectivity index (χ4v) is 2.64. The van der Waals surface area contributed by atoms with Crippen LogP contribution in [0.1, 0.15) is 17.5 Å². The Balaban J connectivity index is 1.97. The third-order valence-electron chi connectivity index (χ3n) is 3.76. The van der Waals surface area contributed by atoms with Crippen molar-refractivity contribution >= 4 is 17.5 Å². The number of nitrogens with one attached hydrogen (secondary N) is 1.